The van der Waals surface area contributed by atoms with Crippen molar-refractivity contribution < 1.29 is 9.18 Å². The van der Waals surface area contributed by atoms with E-state index in [1.54, 1.807) is 24.1 Å². The van der Waals surface area contributed by atoms with Crippen LogP contribution in [0.5, 0.6) is 0 Å². The molecule has 0 bridgehead atoms. The van der Waals surface area contributed by atoms with E-state index >= 15 is 0 Å². The Labute approximate surface area is 184 Å². The van der Waals surface area contributed by atoms with Crippen LogP contribution in [0.3, 0.4) is 0 Å². The zero-order valence-electron chi connectivity index (χ0n) is 18.9. The topological polar surface area (TPSA) is 64.6 Å². The molecular formula is C23H33FN6O. The van der Waals surface area contributed by atoms with Crippen LogP contribution in [0.1, 0.15) is 42.4 Å². The van der Waals surface area contributed by atoms with E-state index < -0.39 is 0 Å². The van der Waals surface area contributed by atoms with Crippen LogP contribution in [0.15, 0.2) is 30.3 Å². The minimum atomic E-state index is -0.257. The molecule has 1 aliphatic heterocycles. The summed E-state index contributed by atoms with van der Waals surface area (Å²) in [7, 11) is 7.60. The fourth-order valence-corrected chi connectivity index (χ4v) is 3.68. The monoisotopic (exact) mass is 428 g/mol. The lowest BCUT2D eigenvalue weighted by molar-refractivity contribution is -0.131. The largest absolute Gasteiger partial charge is 0.363 e. The molecule has 1 aliphatic rings. The third kappa shape index (κ3) is 6.70. The molecule has 2 aromatic rings. The van der Waals surface area contributed by atoms with Crippen molar-refractivity contribution in [3.8, 4) is 0 Å². The third-order valence-corrected chi connectivity index (χ3v) is 5.46. The van der Waals surface area contributed by atoms with Crippen molar-refractivity contribution in [1.82, 2.24) is 25.1 Å². The Morgan fingerprint density at radius 2 is 1.84 bits per heavy atom. The number of aromatic nitrogens is 2. The van der Waals surface area contributed by atoms with Gasteiger partial charge in [-0.3, -0.25) is 9.69 Å². The van der Waals surface area contributed by atoms with Crippen LogP contribution >= 0.6 is 0 Å². The Kier molecular flexibility index (Phi) is 7.92. The summed E-state index contributed by atoms with van der Waals surface area (Å²) < 4.78 is 13.1. The van der Waals surface area contributed by atoms with Crippen LogP contribution in [-0.4, -0.2) is 67.0 Å². The Balaban J connectivity index is 1.63. The van der Waals surface area contributed by atoms with Crippen molar-refractivity contribution in [2.24, 2.45) is 0 Å². The first-order valence-corrected chi connectivity index (χ1v) is 10.8. The van der Waals surface area contributed by atoms with Gasteiger partial charge in [-0.15, -0.1) is 0 Å². The van der Waals surface area contributed by atoms with Crippen molar-refractivity contribution in [1.29, 1.82) is 0 Å². The number of anilines is 1. The second kappa shape index (κ2) is 10.6. The summed E-state index contributed by atoms with van der Waals surface area (Å²) in [6.45, 7) is 2.26. The van der Waals surface area contributed by atoms with E-state index in [4.69, 9.17) is 9.97 Å². The Morgan fingerprint density at radius 1 is 1.10 bits per heavy atom. The van der Waals surface area contributed by atoms with Gasteiger partial charge in [-0.2, -0.15) is 0 Å². The fraction of sp³-hybridized carbons (Fsp3) is 0.522. The highest BCUT2D eigenvalue weighted by atomic mass is 19.1. The number of hydrogen-bond donors (Lipinski definition) is 1. The fourth-order valence-electron chi connectivity index (χ4n) is 3.68. The summed E-state index contributed by atoms with van der Waals surface area (Å²) in [5.74, 6) is 1.40. The molecule has 2 heterocycles. The number of halogens is 1. The van der Waals surface area contributed by atoms with Gasteiger partial charge in [0.15, 0.2) is 0 Å². The zero-order chi connectivity index (χ0) is 22.4. The van der Waals surface area contributed by atoms with Crippen LogP contribution in [0.4, 0.5) is 10.2 Å². The van der Waals surface area contributed by atoms with E-state index in [2.05, 4.69) is 5.32 Å². The minimum absolute atomic E-state index is 0.00645. The van der Waals surface area contributed by atoms with Gasteiger partial charge in [0.05, 0.1) is 24.8 Å². The number of nitrogens with one attached hydrogen (secondary N) is 1. The average molecular weight is 429 g/mol. The van der Waals surface area contributed by atoms with Crippen LogP contribution in [0.25, 0.3) is 0 Å². The molecule has 1 saturated heterocycles. The number of likely N-dealkylation sites (N-methyl/N-ethyl adjacent to an activating group) is 2. The third-order valence-electron chi connectivity index (χ3n) is 5.46. The quantitative estimate of drug-likeness (QED) is 0.697. The smallest absolute Gasteiger partial charge is 0.236 e. The maximum Gasteiger partial charge on any atom is 0.236 e. The molecule has 7 nitrogen and oxygen atoms in total. The molecule has 1 atom stereocenters. The summed E-state index contributed by atoms with van der Waals surface area (Å²) in [6.07, 6.45) is 3.38. The first kappa shape index (κ1) is 23.1. The first-order chi connectivity index (χ1) is 14.8. The lowest BCUT2D eigenvalue weighted by Gasteiger charge is -2.25. The molecule has 1 amide bonds. The molecule has 0 saturated carbocycles. The highest BCUT2D eigenvalue weighted by molar-refractivity contribution is 5.77. The maximum atomic E-state index is 13.1. The molecule has 0 unspecified atom stereocenters. The van der Waals surface area contributed by atoms with Gasteiger partial charge in [-0.25, -0.2) is 14.4 Å². The number of carbonyl (C=O) groups excluding carboxylic acids is 1. The molecule has 8 heteroatoms. The van der Waals surface area contributed by atoms with Gasteiger partial charge in [-0.1, -0.05) is 18.6 Å². The standard InChI is InChI=1S/C23H33FN6O/c1-28(2)21-13-19(26-23(27-21)20-7-5-6-12-25-20)15-30(4)22(31)16-29(3)14-17-8-10-18(24)11-9-17/h8-11,13,20,25H,5-7,12,14-16H2,1-4H3/t20-/m0/s1. The number of carbonyl (C=O) groups is 1. The van der Waals surface area contributed by atoms with Crippen molar-refractivity contribution in [3.05, 3.63) is 53.2 Å². The number of amides is 1. The predicted octanol–water partition coefficient (Wildman–Crippen LogP) is 2.59. The van der Waals surface area contributed by atoms with Gasteiger partial charge in [0.1, 0.15) is 17.5 Å². The van der Waals surface area contributed by atoms with E-state index in [-0.39, 0.29) is 24.3 Å². The van der Waals surface area contributed by atoms with Gasteiger partial charge in [0.2, 0.25) is 5.91 Å². The van der Waals surface area contributed by atoms with Crippen LogP contribution in [0, 0.1) is 5.82 Å². The molecule has 1 aromatic heterocycles. The average Bonchev–Trinajstić information content (AvgIpc) is 2.75. The Bertz CT molecular complexity index is 867. The Morgan fingerprint density at radius 3 is 2.48 bits per heavy atom. The van der Waals surface area contributed by atoms with E-state index in [0.29, 0.717) is 13.1 Å². The summed E-state index contributed by atoms with van der Waals surface area (Å²) >= 11 is 0. The zero-order valence-corrected chi connectivity index (χ0v) is 18.9. The van der Waals surface area contributed by atoms with Crippen LogP contribution in [-0.2, 0) is 17.9 Å². The molecular weight excluding hydrogens is 395 g/mol. The van der Waals surface area contributed by atoms with E-state index in [0.717, 1.165) is 35.9 Å². The first-order valence-electron chi connectivity index (χ1n) is 10.8. The molecule has 0 radical (unpaired) electrons. The number of rotatable bonds is 8. The van der Waals surface area contributed by atoms with Crippen LogP contribution in [0.2, 0.25) is 0 Å². The highest BCUT2D eigenvalue weighted by Crippen LogP contribution is 2.22. The molecule has 1 N–H and O–H groups in total. The number of nitrogens with zero attached hydrogens (tertiary/aromatic N) is 5. The van der Waals surface area contributed by atoms with Gasteiger partial charge in [0.25, 0.3) is 0 Å². The van der Waals surface area contributed by atoms with Crippen molar-refractivity contribution in [2.45, 2.75) is 38.4 Å². The van der Waals surface area contributed by atoms with E-state index in [9.17, 15) is 9.18 Å². The second-order valence-electron chi connectivity index (χ2n) is 8.52. The molecule has 3 rings (SSSR count). The van der Waals surface area contributed by atoms with Crippen molar-refractivity contribution in [2.75, 3.05) is 46.2 Å². The molecule has 0 aliphatic carbocycles. The van der Waals surface area contributed by atoms with Crippen LogP contribution < -0.4 is 10.2 Å². The van der Waals surface area contributed by atoms with Gasteiger partial charge in [0, 0.05) is 33.8 Å². The predicted molar refractivity (Wildman–Crippen MR) is 120 cm³/mol. The minimum Gasteiger partial charge on any atom is -0.363 e. The van der Waals surface area contributed by atoms with Gasteiger partial charge in [-0.05, 0) is 44.1 Å². The molecule has 31 heavy (non-hydrogen) atoms. The lowest BCUT2D eigenvalue weighted by atomic mass is 10.0. The van der Waals surface area contributed by atoms with E-state index in [1.807, 2.05) is 37.0 Å². The number of piperidine rings is 1. The lowest BCUT2D eigenvalue weighted by Crippen LogP contribution is -2.36. The number of benzene rings is 1. The van der Waals surface area contributed by atoms with Gasteiger partial charge >= 0.3 is 0 Å². The molecule has 0 spiro atoms. The maximum absolute atomic E-state index is 13.1. The molecule has 1 fully saturated rings. The summed E-state index contributed by atoms with van der Waals surface area (Å²) in [4.78, 5) is 27.9. The normalized spacial score (nSPS) is 16.4. The molecule has 1 aromatic carbocycles. The molecule has 168 valence electrons. The van der Waals surface area contributed by atoms with Crippen molar-refractivity contribution in [3.63, 3.8) is 0 Å². The SMILES string of the molecule is CN(CC(=O)N(C)Cc1cc(N(C)C)nc([C@@H]2CCCCN2)n1)Cc1ccc(F)cc1. The van der Waals surface area contributed by atoms with Crippen molar-refractivity contribution >= 4 is 11.7 Å². The highest BCUT2D eigenvalue weighted by Gasteiger charge is 2.20. The second-order valence-corrected chi connectivity index (χ2v) is 8.52. The van der Waals surface area contributed by atoms with E-state index in [1.165, 1.54) is 25.0 Å². The summed E-state index contributed by atoms with van der Waals surface area (Å²) in [6, 6.07) is 8.46. The summed E-state index contributed by atoms with van der Waals surface area (Å²) in [5.41, 5.74) is 1.80. The van der Waals surface area contributed by atoms with Gasteiger partial charge < -0.3 is 15.1 Å². The number of hydrogen-bond acceptors (Lipinski definition) is 6. The summed E-state index contributed by atoms with van der Waals surface area (Å²) in [5, 5.41) is 3.50. The Hall–Kier alpha value is -2.58.